The Bertz CT molecular complexity index is 826. The van der Waals surface area contributed by atoms with Crippen LogP contribution in [-0.4, -0.2) is 48.5 Å². The molecule has 4 aliphatic rings. The summed E-state index contributed by atoms with van der Waals surface area (Å²) >= 11 is 0. The van der Waals surface area contributed by atoms with Gasteiger partial charge in [-0.3, -0.25) is 9.88 Å². The molecule has 0 aliphatic carbocycles. The van der Waals surface area contributed by atoms with Gasteiger partial charge in [0.15, 0.2) is 6.79 Å². The van der Waals surface area contributed by atoms with Crippen LogP contribution < -0.4 is 4.74 Å². The standard InChI is InChI=1S/C21H26N2O3/c1-3-14-12-23-9-7-21(14)11-19(23)20(26-21)16-6-8-22-18-5-4-15(10-17(16)18)25-13-24-2/h4-6,8,10,14,19-20H,3,7,9,11-13H2,1-2H3/t14-,19+,20-,21+/m0/s1. The van der Waals surface area contributed by atoms with Crippen molar-refractivity contribution < 1.29 is 14.2 Å². The van der Waals surface area contributed by atoms with Crippen LogP contribution in [0.25, 0.3) is 10.9 Å². The summed E-state index contributed by atoms with van der Waals surface area (Å²) in [5.41, 5.74) is 2.32. The molecule has 6 rings (SSSR count). The van der Waals surface area contributed by atoms with Crippen molar-refractivity contribution in [2.24, 2.45) is 5.92 Å². The van der Waals surface area contributed by atoms with E-state index >= 15 is 0 Å². The van der Waals surface area contributed by atoms with Crippen LogP contribution in [0.4, 0.5) is 0 Å². The third kappa shape index (κ3) is 2.38. The zero-order valence-corrected chi connectivity index (χ0v) is 15.5. The Morgan fingerprint density at radius 3 is 3.12 bits per heavy atom. The first kappa shape index (κ1) is 16.5. The van der Waals surface area contributed by atoms with Crippen molar-refractivity contribution in [2.45, 2.75) is 43.9 Å². The number of benzene rings is 1. The van der Waals surface area contributed by atoms with Gasteiger partial charge in [-0.25, -0.2) is 0 Å². The van der Waals surface area contributed by atoms with Crippen LogP contribution in [0.15, 0.2) is 30.5 Å². The van der Waals surface area contributed by atoms with Gasteiger partial charge in [0.2, 0.25) is 0 Å². The van der Waals surface area contributed by atoms with Crippen LogP contribution >= 0.6 is 0 Å². The maximum atomic E-state index is 6.85. The molecule has 0 amide bonds. The van der Waals surface area contributed by atoms with Gasteiger partial charge in [0.25, 0.3) is 0 Å². The fourth-order valence-electron chi connectivity index (χ4n) is 5.35. The van der Waals surface area contributed by atoms with Crippen molar-refractivity contribution in [3.05, 3.63) is 36.0 Å². The average molecular weight is 354 g/mol. The Balaban J connectivity index is 1.55. The molecule has 0 radical (unpaired) electrons. The summed E-state index contributed by atoms with van der Waals surface area (Å²) in [6, 6.07) is 8.67. The summed E-state index contributed by atoms with van der Waals surface area (Å²) in [7, 11) is 1.63. The zero-order chi connectivity index (χ0) is 17.7. The quantitative estimate of drug-likeness (QED) is 0.769. The third-order valence-corrected chi connectivity index (χ3v) is 6.65. The van der Waals surface area contributed by atoms with Gasteiger partial charge in [-0.1, -0.05) is 6.92 Å². The van der Waals surface area contributed by atoms with Gasteiger partial charge in [0, 0.05) is 43.7 Å². The molecule has 1 aromatic carbocycles. The van der Waals surface area contributed by atoms with E-state index in [1.165, 1.54) is 37.9 Å². The van der Waals surface area contributed by atoms with E-state index in [9.17, 15) is 0 Å². The van der Waals surface area contributed by atoms with Gasteiger partial charge < -0.3 is 14.2 Å². The Labute approximate surface area is 154 Å². The minimum atomic E-state index is 0.0819. The summed E-state index contributed by atoms with van der Waals surface area (Å²) in [6.45, 7) is 4.90. The molecule has 0 N–H and O–H groups in total. The number of aromatic nitrogens is 1. The Morgan fingerprint density at radius 2 is 2.27 bits per heavy atom. The van der Waals surface area contributed by atoms with Crippen molar-refractivity contribution in [3.8, 4) is 5.75 Å². The molecule has 4 saturated heterocycles. The maximum Gasteiger partial charge on any atom is 0.188 e. The highest BCUT2D eigenvalue weighted by Gasteiger charge is 2.60. The van der Waals surface area contributed by atoms with Crippen LogP contribution in [-0.2, 0) is 9.47 Å². The molecule has 4 fully saturated rings. The first-order chi connectivity index (χ1) is 12.7. The highest BCUT2D eigenvalue weighted by atomic mass is 16.7. The lowest BCUT2D eigenvalue weighted by Gasteiger charge is -2.50. The lowest BCUT2D eigenvalue weighted by Crippen LogP contribution is -2.58. The average Bonchev–Trinajstić information content (AvgIpc) is 2.93. The van der Waals surface area contributed by atoms with E-state index in [0.717, 1.165) is 16.7 Å². The molecular weight excluding hydrogens is 328 g/mol. The van der Waals surface area contributed by atoms with Gasteiger partial charge in [-0.15, -0.1) is 0 Å². The summed E-state index contributed by atoms with van der Waals surface area (Å²) in [6.07, 6.45) is 5.56. The van der Waals surface area contributed by atoms with Gasteiger partial charge in [-0.2, -0.15) is 0 Å². The molecule has 4 aliphatic heterocycles. The number of fused-ring (bicyclic) bond motifs is 3. The minimum Gasteiger partial charge on any atom is -0.468 e. The van der Waals surface area contributed by atoms with E-state index in [0.29, 0.717) is 12.0 Å². The van der Waals surface area contributed by atoms with Crippen molar-refractivity contribution in [1.82, 2.24) is 9.88 Å². The maximum absolute atomic E-state index is 6.85. The van der Waals surface area contributed by atoms with Gasteiger partial charge in [-0.05, 0) is 49.1 Å². The smallest absolute Gasteiger partial charge is 0.188 e. The first-order valence-electron chi connectivity index (χ1n) is 9.66. The summed E-state index contributed by atoms with van der Waals surface area (Å²) < 4.78 is 17.5. The number of hydrogen-bond donors (Lipinski definition) is 0. The number of rotatable bonds is 5. The van der Waals surface area contributed by atoms with Crippen LogP contribution in [0.2, 0.25) is 0 Å². The lowest BCUT2D eigenvalue weighted by molar-refractivity contribution is -0.105. The summed E-state index contributed by atoms with van der Waals surface area (Å²) in [5.74, 6) is 1.47. The highest BCUT2D eigenvalue weighted by Crippen LogP contribution is 2.56. The fourth-order valence-corrected chi connectivity index (χ4v) is 5.35. The number of hydrogen-bond acceptors (Lipinski definition) is 5. The van der Waals surface area contributed by atoms with Crippen molar-refractivity contribution in [1.29, 1.82) is 0 Å². The largest absolute Gasteiger partial charge is 0.468 e. The Morgan fingerprint density at radius 1 is 1.35 bits per heavy atom. The van der Waals surface area contributed by atoms with Crippen molar-refractivity contribution >= 4 is 10.9 Å². The Hall–Kier alpha value is -1.69. The van der Waals surface area contributed by atoms with Gasteiger partial charge in [0.05, 0.1) is 17.2 Å². The molecular formula is C21H26N2O3. The van der Waals surface area contributed by atoms with E-state index in [2.05, 4.69) is 28.9 Å². The number of nitrogens with zero attached hydrogens (tertiary/aromatic N) is 2. The minimum absolute atomic E-state index is 0.0819. The van der Waals surface area contributed by atoms with Gasteiger partial charge >= 0.3 is 0 Å². The fraction of sp³-hybridized carbons (Fsp3) is 0.571. The molecule has 5 nitrogen and oxygen atoms in total. The summed E-state index contributed by atoms with van der Waals surface area (Å²) in [4.78, 5) is 7.21. The second-order valence-corrected chi connectivity index (χ2v) is 7.85. The van der Waals surface area contributed by atoms with Crippen LogP contribution in [0.1, 0.15) is 37.9 Å². The highest BCUT2D eigenvalue weighted by molar-refractivity contribution is 5.84. The molecule has 1 unspecified atom stereocenters. The van der Waals surface area contributed by atoms with E-state index in [4.69, 9.17) is 14.2 Å². The van der Waals surface area contributed by atoms with Crippen LogP contribution in [0.5, 0.6) is 5.75 Å². The number of ether oxygens (including phenoxy) is 3. The predicted molar refractivity (Wildman–Crippen MR) is 99.2 cm³/mol. The number of pyridine rings is 1. The number of piperidine rings is 3. The normalized spacial score (nSPS) is 35.2. The van der Waals surface area contributed by atoms with Gasteiger partial charge in [0.1, 0.15) is 5.75 Å². The monoisotopic (exact) mass is 354 g/mol. The molecule has 3 bridgehead atoms. The predicted octanol–water partition coefficient (Wildman–Crippen LogP) is 3.53. The second-order valence-electron chi connectivity index (χ2n) is 7.85. The second kappa shape index (κ2) is 6.19. The molecule has 5 heterocycles. The van der Waals surface area contributed by atoms with Crippen LogP contribution in [0.3, 0.4) is 0 Å². The molecule has 5 heteroatoms. The van der Waals surface area contributed by atoms with Crippen molar-refractivity contribution in [3.63, 3.8) is 0 Å². The third-order valence-electron chi connectivity index (χ3n) is 6.65. The molecule has 2 aromatic rings. The molecule has 5 atom stereocenters. The first-order valence-corrected chi connectivity index (χ1v) is 9.66. The Kier molecular flexibility index (Phi) is 3.92. The topological polar surface area (TPSA) is 43.8 Å². The van der Waals surface area contributed by atoms with E-state index in [1.54, 1.807) is 7.11 Å². The van der Waals surface area contributed by atoms with E-state index in [1.807, 2.05) is 18.3 Å². The number of methoxy groups -OCH3 is 1. The molecule has 26 heavy (non-hydrogen) atoms. The molecule has 1 aromatic heterocycles. The molecule has 138 valence electrons. The lowest BCUT2D eigenvalue weighted by atomic mass is 9.72. The van der Waals surface area contributed by atoms with Crippen LogP contribution in [0, 0.1) is 5.92 Å². The summed E-state index contributed by atoms with van der Waals surface area (Å²) in [5, 5.41) is 1.13. The molecule has 1 spiro atoms. The SMILES string of the molecule is CC[C@H]1CN2CC[C@@]13C[C@@H]2[C@H](c1ccnc2ccc(OCOC)cc12)O3. The van der Waals surface area contributed by atoms with E-state index < -0.39 is 0 Å². The van der Waals surface area contributed by atoms with E-state index in [-0.39, 0.29) is 18.5 Å². The molecule has 0 saturated carbocycles. The zero-order valence-electron chi connectivity index (χ0n) is 15.5. The van der Waals surface area contributed by atoms with Crippen molar-refractivity contribution in [2.75, 3.05) is 27.0 Å².